The molecule has 0 N–H and O–H groups in total. The highest BCUT2D eigenvalue weighted by molar-refractivity contribution is 8.13. The van der Waals surface area contributed by atoms with E-state index in [4.69, 9.17) is 15.4 Å². The molecule has 0 aromatic carbocycles. The van der Waals surface area contributed by atoms with Crippen molar-refractivity contribution in [1.82, 2.24) is 9.78 Å². The van der Waals surface area contributed by atoms with Crippen LogP contribution in [0.1, 0.15) is 39.0 Å². The maximum absolute atomic E-state index is 11.4. The number of halogens is 1. The van der Waals surface area contributed by atoms with Crippen molar-refractivity contribution < 1.29 is 13.2 Å². The fraction of sp³-hybridized carbons (Fsp3) is 0.769. The minimum Gasteiger partial charge on any atom is -0.490 e. The van der Waals surface area contributed by atoms with Crippen molar-refractivity contribution in [1.29, 1.82) is 0 Å². The van der Waals surface area contributed by atoms with E-state index in [1.165, 1.54) is 0 Å². The van der Waals surface area contributed by atoms with Crippen molar-refractivity contribution in [3.63, 3.8) is 0 Å². The third-order valence-corrected chi connectivity index (χ3v) is 5.03. The highest BCUT2D eigenvalue weighted by atomic mass is 35.7. The summed E-state index contributed by atoms with van der Waals surface area (Å²) in [5.74, 6) is 0.682. The SMILES string of the molecule is CCCn1cc(OCC2(CS(=O)(=O)Cl)CCCC2)cn1. The molecule has 0 unspecified atom stereocenters. The number of rotatable bonds is 7. The number of aryl methyl sites for hydroxylation is 1. The molecule has 7 heteroatoms. The number of ether oxygens (including phenoxy) is 1. The molecule has 1 aromatic heterocycles. The first-order valence-corrected chi connectivity index (χ1v) is 9.48. The van der Waals surface area contributed by atoms with Crippen LogP contribution in [0.4, 0.5) is 0 Å². The largest absolute Gasteiger partial charge is 0.490 e. The second-order valence-corrected chi connectivity index (χ2v) is 8.40. The molecule has 2 rings (SSSR count). The van der Waals surface area contributed by atoms with Gasteiger partial charge in [0.1, 0.15) is 0 Å². The molecule has 1 aromatic rings. The van der Waals surface area contributed by atoms with E-state index in [1.807, 2.05) is 10.9 Å². The monoisotopic (exact) mass is 320 g/mol. The topological polar surface area (TPSA) is 61.2 Å². The van der Waals surface area contributed by atoms with Crippen molar-refractivity contribution in [3.05, 3.63) is 12.4 Å². The van der Waals surface area contributed by atoms with Crippen LogP contribution in [-0.2, 0) is 15.6 Å². The van der Waals surface area contributed by atoms with Gasteiger partial charge in [-0.05, 0) is 19.3 Å². The standard InChI is InChI=1S/C13H21ClN2O3S/c1-2-7-16-9-12(8-15-16)19-10-13(5-3-4-6-13)11-20(14,17)18/h8-9H,2-7,10-11H2,1H3. The first-order chi connectivity index (χ1) is 9.42. The van der Waals surface area contributed by atoms with Crippen molar-refractivity contribution in [2.45, 2.75) is 45.6 Å². The maximum atomic E-state index is 11.4. The van der Waals surface area contributed by atoms with E-state index in [0.29, 0.717) is 12.4 Å². The first kappa shape index (κ1) is 15.6. The van der Waals surface area contributed by atoms with Crippen LogP contribution in [0.5, 0.6) is 5.75 Å². The zero-order chi connectivity index (χ0) is 14.6. The molecule has 0 aliphatic heterocycles. The summed E-state index contributed by atoms with van der Waals surface area (Å²) in [6.07, 6.45) is 8.30. The second-order valence-electron chi connectivity index (χ2n) is 5.62. The van der Waals surface area contributed by atoms with Gasteiger partial charge in [0.15, 0.2) is 5.75 Å². The Bertz CT molecular complexity index is 536. The third kappa shape index (κ3) is 4.38. The molecule has 1 fully saturated rings. The number of hydrogen-bond acceptors (Lipinski definition) is 4. The zero-order valence-electron chi connectivity index (χ0n) is 11.7. The minimum atomic E-state index is -3.50. The van der Waals surface area contributed by atoms with Gasteiger partial charge in [-0.1, -0.05) is 19.8 Å². The van der Waals surface area contributed by atoms with Gasteiger partial charge in [0.05, 0.1) is 24.8 Å². The van der Waals surface area contributed by atoms with Gasteiger partial charge in [-0.25, -0.2) is 8.42 Å². The van der Waals surface area contributed by atoms with Crippen LogP contribution < -0.4 is 4.74 Å². The summed E-state index contributed by atoms with van der Waals surface area (Å²) in [5.41, 5.74) is -0.340. The van der Waals surface area contributed by atoms with Crippen molar-refractivity contribution in [2.75, 3.05) is 12.4 Å². The molecule has 0 atom stereocenters. The molecule has 0 radical (unpaired) electrons. The lowest BCUT2D eigenvalue weighted by atomic mass is 9.90. The smallest absolute Gasteiger partial charge is 0.233 e. The van der Waals surface area contributed by atoms with Crippen molar-refractivity contribution in [3.8, 4) is 5.75 Å². The average Bonchev–Trinajstić information content (AvgIpc) is 2.95. The molecule has 5 nitrogen and oxygen atoms in total. The molecule has 1 aliphatic carbocycles. The Morgan fingerprint density at radius 1 is 1.45 bits per heavy atom. The summed E-state index contributed by atoms with van der Waals surface area (Å²) >= 11 is 0. The Kier molecular flexibility index (Phi) is 4.96. The minimum absolute atomic E-state index is 0.00927. The molecule has 1 aliphatic rings. The Balaban J connectivity index is 1.98. The van der Waals surface area contributed by atoms with Gasteiger partial charge in [-0.2, -0.15) is 5.10 Å². The average molecular weight is 321 g/mol. The Hall–Kier alpha value is -0.750. The fourth-order valence-electron chi connectivity index (χ4n) is 2.83. The summed E-state index contributed by atoms with van der Waals surface area (Å²) in [6.45, 7) is 3.32. The van der Waals surface area contributed by atoms with E-state index in [9.17, 15) is 8.42 Å². The van der Waals surface area contributed by atoms with Crippen molar-refractivity contribution >= 4 is 19.7 Å². The van der Waals surface area contributed by atoms with Crippen LogP contribution in [0.2, 0.25) is 0 Å². The molecule has 0 bridgehead atoms. The van der Waals surface area contributed by atoms with E-state index in [1.54, 1.807) is 6.20 Å². The molecule has 0 saturated heterocycles. The fourth-order valence-corrected chi connectivity index (χ4v) is 4.63. The van der Waals surface area contributed by atoms with Gasteiger partial charge in [0.25, 0.3) is 0 Å². The van der Waals surface area contributed by atoms with E-state index in [-0.39, 0.29) is 11.2 Å². The molecule has 1 heterocycles. The van der Waals surface area contributed by atoms with Gasteiger partial charge >= 0.3 is 0 Å². The molecule has 114 valence electrons. The van der Waals surface area contributed by atoms with E-state index in [2.05, 4.69) is 12.0 Å². The van der Waals surface area contributed by atoms with Gasteiger partial charge < -0.3 is 4.74 Å². The number of hydrogen-bond donors (Lipinski definition) is 0. The normalized spacial score (nSPS) is 18.3. The Morgan fingerprint density at radius 3 is 2.75 bits per heavy atom. The van der Waals surface area contributed by atoms with Crippen LogP contribution in [0.3, 0.4) is 0 Å². The van der Waals surface area contributed by atoms with Gasteiger partial charge in [-0.15, -0.1) is 0 Å². The van der Waals surface area contributed by atoms with Crippen LogP contribution in [0.15, 0.2) is 12.4 Å². The molecular formula is C13H21ClN2O3S. The molecular weight excluding hydrogens is 300 g/mol. The van der Waals surface area contributed by atoms with Gasteiger partial charge in [0, 0.05) is 22.6 Å². The summed E-state index contributed by atoms with van der Waals surface area (Å²) in [5, 5.41) is 4.20. The van der Waals surface area contributed by atoms with E-state index >= 15 is 0 Å². The van der Waals surface area contributed by atoms with Crippen molar-refractivity contribution in [2.24, 2.45) is 5.41 Å². The van der Waals surface area contributed by atoms with Gasteiger partial charge in [0.2, 0.25) is 9.05 Å². The lowest BCUT2D eigenvalue weighted by molar-refractivity contribution is 0.171. The highest BCUT2D eigenvalue weighted by Crippen LogP contribution is 2.40. The van der Waals surface area contributed by atoms with Crippen LogP contribution in [-0.4, -0.2) is 30.6 Å². The quantitative estimate of drug-likeness (QED) is 0.725. The highest BCUT2D eigenvalue weighted by Gasteiger charge is 2.38. The van der Waals surface area contributed by atoms with Crippen LogP contribution in [0.25, 0.3) is 0 Å². The predicted molar refractivity (Wildman–Crippen MR) is 78.6 cm³/mol. The second kappa shape index (κ2) is 6.35. The Morgan fingerprint density at radius 2 is 2.15 bits per heavy atom. The summed E-state index contributed by atoms with van der Waals surface area (Å²) < 4.78 is 30.4. The number of aromatic nitrogens is 2. The molecule has 0 spiro atoms. The van der Waals surface area contributed by atoms with Gasteiger partial charge in [-0.3, -0.25) is 4.68 Å². The van der Waals surface area contributed by atoms with Crippen LogP contribution >= 0.6 is 10.7 Å². The Labute approximate surface area is 124 Å². The van der Waals surface area contributed by atoms with E-state index in [0.717, 1.165) is 38.6 Å². The zero-order valence-corrected chi connectivity index (χ0v) is 13.3. The molecule has 20 heavy (non-hydrogen) atoms. The first-order valence-electron chi connectivity index (χ1n) is 7.00. The molecule has 0 amide bonds. The van der Waals surface area contributed by atoms with Crippen LogP contribution in [0, 0.1) is 5.41 Å². The lowest BCUT2D eigenvalue weighted by Crippen LogP contribution is -2.32. The lowest BCUT2D eigenvalue weighted by Gasteiger charge is -2.26. The van der Waals surface area contributed by atoms with E-state index < -0.39 is 9.05 Å². The summed E-state index contributed by atoms with van der Waals surface area (Å²) in [7, 11) is 1.93. The number of nitrogens with zero attached hydrogens (tertiary/aromatic N) is 2. The summed E-state index contributed by atoms with van der Waals surface area (Å²) in [6, 6.07) is 0. The maximum Gasteiger partial charge on any atom is 0.233 e. The summed E-state index contributed by atoms with van der Waals surface area (Å²) in [4.78, 5) is 0. The predicted octanol–water partition coefficient (Wildman–Crippen LogP) is 2.80. The third-order valence-electron chi connectivity index (χ3n) is 3.75. The molecule has 1 saturated carbocycles.